The van der Waals surface area contributed by atoms with Crippen molar-refractivity contribution in [2.45, 2.75) is 33.2 Å². The largest absolute Gasteiger partial charge is 0.481 e. The summed E-state index contributed by atoms with van der Waals surface area (Å²) < 4.78 is 5.31. The minimum atomic E-state index is -0.748. The summed E-state index contributed by atoms with van der Waals surface area (Å²) in [6.07, 6.45) is 2.94. The molecule has 0 saturated heterocycles. The fourth-order valence-electron chi connectivity index (χ4n) is 4.90. The van der Waals surface area contributed by atoms with Gasteiger partial charge in [0.05, 0.1) is 18.7 Å². The molecule has 0 radical (unpaired) electrons. The van der Waals surface area contributed by atoms with Gasteiger partial charge in [-0.15, -0.1) is 0 Å². The molecule has 5 heteroatoms. The van der Waals surface area contributed by atoms with Crippen molar-refractivity contribution < 1.29 is 19.1 Å². The van der Waals surface area contributed by atoms with Crippen molar-refractivity contribution in [3.63, 3.8) is 0 Å². The molecule has 2 atom stereocenters. The summed E-state index contributed by atoms with van der Waals surface area (Å²) in [6, 6.07) is 40.7. The molecule has 0 bridgehead atoms. The first-order valence-electron chi connectivity index (χ1n) is 14.6. The Labute approximate surface area is 254 Å². The van der Waals surface area contributed by atoms with Crippen LogP contribution >= 0.6 is 0 Å². The number of hydrogen-bond acceptors (Lipinski definition) is 3. The van der Waals surface area contributed by atoms with Crippen LogP contribution in [0.15, 0.2) is 132 Å². The molecule has 220 valence electrons. The standard InChI is InChI=1S/C22H23NO2.C16H16O2/c1-17(22(24)23(2)16-21-9-6-14-25-21)15-18-10-12-20(13-11-18)19-7-4-3-5-8-19;1-12(16(17)18)11-13-7-9-15(10-8-13)14-5-3-2-4-6-14/h3-14,17H,15-16H2,1-2H3;2-10,12H,11H2,1H3,(H,17,18). The van der Waals surface area contributed by atoms with Crippen molar-refractivity contribution in [3.8, 4) is 22.3 Å². The highest BCUT2D eigenvalue weighted by Gasteiger charge is 2.19. The number of nitrogens with zero attached hydrogens (tertiary/aromatic N) is 1. The Morgan fingerprint density at radius 1 is 0.628 bits per heavy atom. The maximum absolute atomic E-state index is 12.5. The highest BCUT2D eigenvalue weighted by atomic mass is 16.4. The molecule has 5 aromatic rings. The van der Waals surface area contributed by atoms with E-state index in [1.165, 1.54) is 22.3 Å². The van der Waals surface area contributed by atoms with Gasteiger partial charge in [0.1, 0.15) is 5.76 Å². The number of benzene rings is 4. The molecule has 1 amide bonds. The fourth-order valence-corrected chi connectivity index (χ4v) is 4.90. The van der Waals surface area contributed by atoms with Crippen LogP contribution in [0.25, 0.3) is 22.3 Å². The SMILES string of the molecule is CC(Cc1ccc(-c2ccccc2)cc1)C(=O)N(C)Cc1ccco1.CC(Cc1ccc(-c2ccccc2)cc1)C(=O)O. The first-order valence-corrected chi connectivity index (χ1v) is 14.6. The molecule has 0 spiro atoms. The summed E-state index contributed by atoms with van der Waals surface area (Å²) in [5.74, 6) is -0.226. The van der Waals surface area contributed by atoms with Gasteiger partial charge >= 0.3 is 5.97 Å². The lowest BCUT2D eigenvalue weighted by Crippen LogP contribution is -2.32. The average molecular weight is 574 g/mol. The number of carboxylic acid groups (broad SMARTS) is 1. The van der Waals surface area contributed by atoms with Gasteiger partial charge in [0.2, 0.25) is 5.91 Å². The van der Waals surface area contributed by atoms with Crippen molar-refractivity contribution >= 4 is 11.9 Å². The van der Waals surface area contributed by atoms with Gasteiger partial charge in [-0.3, -0.25) is 9.59 Å². The van der Waals surface area contributed by atoms with Crippen LogP contribution in [-0.4, -0.2) is 28.9 Å². The van der Waals surface area contributed by atoms with E-state index < -0.39 is 5.97 Å². The van der Waals surface area contributed by atoms with Gasteiger partial charge in [-0.05, 0) is 58.4 Å². The fraction of sp³-hybridized carbons (Fsp3) is 0.211. The van der Waals surface area contributed by atoms with Crippen LogP contribution in [0.3, 0.4) is 0 Å². The van der Waals surface area contributed by atoms with Crippen molar-refractivity contribution in [3.05, 3.63) is 144 Å². The Hall–Kier alpha value is -4.90. The number of carbonyl (C=O) groups excluding carboxylic acids is 1. The molecule has 2 unspecified atom stereocenters. The Balaban J connectivity index is 0.000000208. The van der Waals surface area contributed by atoms with E-state index in [0.29, 0.717) is 13.0 Å². The first kappa shape index (κ1) is 31.0. The van der Waals surface area contributed by atoms with E-state index in [0.717, 1.165) is 23.3 Å². The lowest BCUT2D eigenvalue weighted by Gasteiger charge is -2.20. The topological polar surface area (TPSA) is 70.8 Å². The minimum absolute atomic E-state index is 0.0671. The molecule has 1 N–H and O–H groups in total. The highest BCUT2D eigenvalue weighted by molar-refractivity contribution is 5.78. The smallest absolute Gasteiger partial charge is 0.306 e. The number of carboxylic acids is 1. The zero-order valence-corrected chi connectivity index (χ0v) is 25.0. The van der Waals surface area contributed by atoms with Gasteiger partial charge in [-0.2, -0.15) is 0 Å². The maximum Gasteiger partial charge on any atom is 0.306 e. The molecule has 0 fully saturated rings. The summed E-state index contributed by atoms with van der Waals surface area (Å²) in [5, 5.41) is 8.88. The highest BCUT2D eigenvalue weighted by Crippen LogP contribution is 2.22. The predicted molar refractivity (Wildman–Crippen MR) is 172 cm³/mol. The van der Waals surface area contributed by atoms with Crippen LogP contribution in [0.4, 0.5) is 0 Å². The molecule has 0 saturated carbocycles. The number of amides is 1. The monoisotopic (exact) mass is 573 g/mol. The second-order valence-electron chi connectivity index (χ2n) is 10.9. The van der Waals surface area contributed by atoms with Crippen LogP contribution in [0, 0.1) is 11.8 Å². The van der Waals surface area contributed by atoms with Gasteiger partial charge in [0.25, 0.3) is 0 Å². The van der Waals surface area contributed by atoms with Gasteiger partial charge in [-0.1, -0.05) is 123 Å². The predicted octanol–water partition coefficient (Wildman–Crippen LogP) is 8.40. The third kappa shape index (κ3) is 9.30. The van der Waals surface area contributed by atoms with Crippen LogP contribution in [-0.2, 0) is 29.0 Å². The molecule has 0 aliphatic carbocycles. The van der Waals surface area contributed by atoms with Crippen LogP contribution < -0.4 is 0 Å². The first-order chi connectivity index (χ1) is 20.8. The molecule has 1 heterocycles. The van der Waals surface area contributed by atoms with E-state index in [1.807, 2.05) is 86.8 Å². The Kier molecular flexibility index (Phi) is 11.1. The van der Waals surface area contributed by atoms with Crippen molar-refractivity contribution in [1.29, 1.82) is 0 Å². The Morgan fingerprint density at radius 3 is 1.49 bits per heavy atom. The number of carbonyl (C=O) groups is 2. The number of rotatable bonds is 10. The molecule has 0 aliphatic heterocycles. The van der Waals surface area contributed by atoms with E-state index in [9.17, 15) is 9.59 Å². The summed E-state index contributed by atoms with van der Waals surface area (Å²) in [5.41, 5.74) is 6.96. The Morgan fingerprint density at radius 2 is 1.07 bits per heavy atom. The molecule has 43 heavy (non-hydrogen) atoms. The number of furan rings is 1. The molecule has 0 aliphatic rings. The van der Waals surface area contributed by atoms with E-state index in [-0.39, 0.29) is 17.7 Å². The summed E-state index contributed by atoms with van der Waals surface area (Å²) in [7, 11) is 1.82. The maximum atomic E-state index is 12.5. The molecular formula is C38H39NO4. The van der Waals surface area contributed by atoms with Gasteiger partial charge < -0.3 is 14.4 Å². The van der Waals surface area contributed by atoms with Crippen LogP contribution in [0.5, 0.6) is 0 Å². The second-order valence-corrected chi connectivity index (χ2v) is 10.9. The number of aliphatic carboxylic acids is 1. The summed E-state index contributed by atoms with van der Waals surface area (Å²) in [4.78, 5) is 25.1. The van der Waals surface area contributed by atoms with Crippen molar-refractivity contribution in [1.82, 2.24) is 4.90 Å². The van der Waals surface area contributed by atoms with E-state index in [1.54, 1.807) is 18.1 Å². The quantitative estimate of drug-likeness (QED) is 0.182. The number of hydrogen-bond donors (Lipinski definition) is 1. The zero-order chi connectivity index (χ0) is 30.6. The van der Waals surface area contributed by atoms with Crippen molar-refractivity contribution in [2.24, 2.45) is 11.8 Å². The average Bonchev–Trinajstić information content (AvgIpc) is 3.55. The normalized spacial score (nSPS) is 12.0. The van der Waals surface area contributed by atoms with E-state index in [2.05, 4.69) is 48.5 Å². The lowest BCUT2D eigenvalue weighted by atomic mass is 9.97. The van der Waals surface area contributed by atoms with Gasteiger partial charge in [-0.25, -0.2) is 0 Å². The molecule has 5 rings (SSSR count). The van der Waals surface area contributed by atoms with Crippen LogP contribution in [0.1, 0.15) is 30.7 Å². The van der Waals surface area contributed by atoms with E-state index in [4.69, 9.17) is 9.52 Å². The summed E-state index contributed by atoms with van der Waals surface area (Å²) in [6.45, 7) is 4.21. The molecule has 1 aromatic heterocycles. The van der Waals surface area contributed by atoms with E-state index >= 15 is 0 Å². The molecular weight excluding hydrogens is 534 g/mol. The second kappa shape index (κ2) is 15.4. The third-order valence-corrected chi connectivity index (χ3v) is 7.40. The third-order valence-electron chi connectivity index (χ3n) is 7.40. The summed E-state index contributed by atoms with van der Waals surface area (Å²) >= 11 is 0. The van der Waals surface area contributed by atoms with Crippen LogP contribution in [0.2, 0.25) is 0 Å². The zero-order valence-electron chi connectivity index (χ0n) is 25.0. The molecule has 4 aromatic carbocycles. The molecule has 5 nitrogen and oxygen atoms in total. The lowest BCUT2D eigenvalue weighted by molar-refractivity contribution is -0.141. The van der Waals surface area contributed by atoms with Gasteiger partial charge in [0.15, 0.2) is 0 Å². The minimum Gasteiger partial charge on any atom is -0.481 e. The van der Waals surface area contributed by atoms with Gasteiger partial charge in [0, 0.05) is 13.0 Å². The Bertz CT molecular complexity index is 1540. The van der Waals surface area contributed by atoms with Crippen molar-refractivity contribution in [2.75, 3.05) is 7.05 Å².